The fourth-order valence-corrected chi connectivity index (χ4v) is 3.33. The zero-order valence-electron chi connectivity index (χ0n) is 12.4. The third-order valence-corrected chi connectivity index (χ3v) is 4.72. The third-order valence-electron chi connectivity index (χ3n) is 3.86. The van der Waals surface area contributed by atoms with E-state index < -0.39 is 0 Å². The summed E-state index contributed by atoms with van der Waals surface area (Å²) in [4.78, 5) is 19.5. The van der Waals surface area contributed by atoms with E-state index in [-0.39, 0.29) is 11.8 Å². The van der Waals surface area contributed by atoms with Crippen LogP contribution in [0.2, 0.25) is 0 Å². The molecule has 0 unspecified atom stereocenters. The van der Waals surface area contributed by atoms with Crippen LogP contribution in [0.5, 0.6) is 0 Å². The van der Waals surface area contributed by atoms with Gasteiger partial charge in [-0.05, 0) is 24.8 Å². The van der Waals surface area contributed by atoms with Gasteiger partial charge in [-0.2, -0.15) is 4.98 Å². The van der Waals surface area contributed by atoms with Crippen molar-refractivity contribution in [3.8, 4) is 10.8 Å². The van der Waals surface area contributed by atoms with Crippen molar-refractivity contribution in [1.82, 2.24) is 20.2 Å². The summed E-state index contributed by atoms with van der Waals surface area (Å²) in [5.74, 6) is 1.78. The van der Waals surface area contributed by atoms with Gasteiger partial charge in [0.2, 0.25) is 0 Å². The lowest BCUT2D eigenvalue weighted by molar-refractivity contribution is 0.0780. The Morgan fingerprint density at radius 3 is 3.04 bits per heavy atom. The van der Waals surface area contributed by atoms with Crippen molar-refractivity contribution in [2.75, 3.05) is 13.1 Å². The molecular weight excluding hydrogens is 316 g/mol. The Morgan fingerprint density at radius 1 is 1.39 bits per heavy atom. The molecule has 0 N–H and O–H groups in total. The van der Waals surface area contributed by atoms with Gasteiger partial charge in [0, 0.05) is 25.1 Å². The number of nitrogens with zero attached hydrogens (tertiary/aromatic N) is 4. The van der Waals surface area contributed by atoms with Crippen LogP contribution in [0, 0.1) is 6.92 Å². The Balaban J connectivity index is 1.47. The van der Waals surface area contributed by atoms with E-state index in [1.54, 1.807) is 29.2 Å². The molecule has 0 saturated carbocycles. The Morgan fingerprint density at radius 2 is 2.30 bits per heavy atom. The molecule has 23 heavy (non-hydrogen) atoms. The first kappa shape index (κ1) is 14.1. The average molecular weight is 330 g/mol. The first-order valence-electron chi connectivity index (χ1n) is 7.31. The Kier molecular flexibility index (Phi) is 3.45. The molecule has 1 aliphatic heterocycles. The largest absolute Gasteiger partial charge is 0.361 e. The van der Waals surface area contributed by atoms with Crippen LogP contribution in [-0.2, 0) is 0 Å². The molecule has 7 nitrogen and oxygen atoms in total. The average Bonchev–Trinajstić information content (AvgIpc) is 3.30. The van der Waals surface area contributed by atoms with Crippen molar-refractivity contribution in [1.29, 1.82) is 0 Å². The highest BCUT2D eigenvalue weighted by atomic mass is 32.1. The highest BCUT2D eigenvalue weighted by molar-refractivity contribution is 7.13. The van der Waals surface area contributed by atoms with Gasteiger partial charge >= 0.3 is 0 Å². The van der Waals surface area contributed by atoms with Gasteiger partial charge in [0.15, 0.2) is 11.5 Å². The van der Waals surface area contributed by atoms with E-state index >= 15 is 0 Å². The number of hydrogen-bond acceptors (Lipinski definition) is 7. The van der Waals surface area contributed by atoms with E-state index in [9.17, 15) is 4.79 Å². The Bertz CT molecular complexity index is 824. The molecule has 1 amide bonds. The SMILES string of the molecule is Cc1cc(C(=O)N2CC[C@@H](c3noc(-c4cccs4)n3)C2)no1. The molecule has 1 saturated heterocycles. The predicted octanol–water partition coefficient (Wildman–Crippen LogP) is 2.72. The number of aromatic nitrogens is 3. The third kappa shape index (κ3) is 2.65. The second-order valence-corrected chi connectivity index (χ2v) is 6.44. The van der Waals surface area contributed by atoms with Gasteiger partial charge in [0.25, 0.3) is 11.8 Å². The summed E-state index contributed by atoms with van der Waals surface area (Å²) in [5, 5.41) is 9.82. The number of aryl methyl sites for hydroxylation is 1. The molecule has 0 bridgehead atoms. The van der Waals surface area contributed by atoms with Gasteiger partial charge < -0.3 is 13.9 Å². The number of rotatable bonds is 3. The van der Waals surface area contributed by atoms with Crippen LogP contribution in [0.4, 0.5) is 0 Å². The smallest absolute Gasteiger partial charge is 0.276 e. The van der Waals surface area contributed by atoms with Crippen molar-refractivity contribution >= 4 is 17.2 Å². The number of carbonyl (C=O) groups excluding carboxylic acids is 1. The lowest BCUT2D eigenvalue weighted by Gasteiger charge is -2.13. The highest BCUT2D eigenvalue weighted by Crippen LogP contribution is 2.29. The first-order chi connectivity index (χ1) is 11.2. The minimum Gasteiger partial charge on any atom is -0.361 e. The van der Waals surface area contributed by atoms with Gasteiger partial charge in [0.05, 0.1) is 4.88 Å². The summed E-state index contributed by atoms with van der Waals surface area (Å²) in [6, 6.07) is 5.54. The summed E-state index contributed by atoms with van der Waals surface area (Å²) >= 11 is 1.56. The molecule has 4 heterocycles. The Labute approximate surface area is 135 Å². The maximum absolute atomic E-state index is 12.4. The minimum absolute atomic E-state index is 0.0874. The van der Waals surface area contributed by atoms with Crippen LogP contribution in [0.15, 0.2) is 32.6 Å². The number of hydrogen-bond donors (Lipinski definition) is 0. The zero-order valence-corrected chi connectivity index (χ0v) is 13.2. The normalized spacial score (nSPS) is 17.8. The van der Waals surface area contributed by atoms with Crippen molar-refractivity contribution < 1.29 is 13.8 Å². The van der Waals surface area contributed by atoms with Crippen LogP contribution in [0.1, 0.15) is 34.4 Å². The predicted molar refractivity (Wildman–Crippen MR) is 82.1 cm³/mol. The van der Waals surface area contributed by atoms with Gasteiger partial charge in [-0.1, -0.05) is 16.4 Å². The van der Waals surface area contributed by atoms with E-state index in [1.165, 1.54) is 0 Å². The molecule has 1 fully saturated rings. The molecule has 8 heteroatoms. The Hall–Kier alpha value is -2.48. The van der Waals surface area contributed by atoms with E-state index in [0.717, 1.165) is 11.3 Å². The molecule has 0 aromatic carbocycles. The van der Waals surface area contributed by atoms with Gasteiger partial charge in [-0.15, -0.1) is 11.3 Å². The second kappa shape index (κ2) is 5.62. The standard InChI is InChI=1S/C15H14N4O3S/c1-9-7-11(17-21-9)15(20)19-5-4-10(8-19)13-16-14(22-18-13)12-3-2-6-23-12/h2-3,6-7,10H,4-5,8H2,1H3/t10-/m1/s1. The molecule has 118 valence electrons. The van der Waals surface area contributed by atoms with Crippen LogP contribution in [0.3, 0.4) is 0 Å². The fraction of sp³-hybridized carbons (Fsp3) is 0.333. The maximum Gasteiger partial charge on any atom is 0.276 e. The zero-order chi connectivity index (χ0) is 15.8. The highest BCUT2D eigenvalue weighted by Gasteiger charge is 2.32. The van der Waals surface area contributed by atoms with E-state index in [0.29, 0.717) is 36.3 Å². The first-order valence-corrected chi connectivity index (χ1v) is 8.19. The topological polar surface area (TPSA) is 85.3 Å². The summed E-state index contributed by atoms with van der Waals surface area (Å²) < 4.78 is 10.3. The van der Waals surface area contributed by atoms with Crippen molar-refractivity contribution in [2.45, 2.75) is 19.3 Å². The molecule has 1 aliphatic rings. The summed E-state index contributed by atoms with van der Waals surface area (Å²) in [6.07, 6.45) is 0.811. The number of thiophene rings is 1. The lowest BCUT2D eigenvalue weighted by atomic mass is 10.1. The molecule has 3 aromatic rings. The van der Waals surface area contributed by atoms with Crippen LogP contribution in [-0.4, -0.2) is 39.2 Å². The molecule has 1 atom stereocenters. The second-order valence-electron chi connectivity index (χ2n) is 5.49. The summed E-state index contributed by atoms with van der Waals surface area (Å²) in [7, 11) is 0. The quantitative estimate of drug-likeness (QED) is 0.734. The molecular formula is C15H14N4O3S. The van der Waals surface area contributed by atoms with Gasteiger partial charge in [-0.25, -0.2) is 0 Å². The lowest BCUT2D eigenvalue weighted by Crippen LogP contribution is -2.28. The van der Waals surface area contributed by atoms with E-state index in [4.69, 9.17) is 9.05 Å². The number of likely N-dealkylation sites (tertiary alicyclic amines) is 1. The molecule has 3 aromatic heterocycles. The number of amides is 1. The summed E-state index contributed by atoms with van der Waals surface area (Å²) in [5.41, 5.74) is 0.343. The maximum atomic E-state index is 12.4. The number of carbonyl (C=O) groups is 1. The minimum atomic E-state index is -0.119. The van der Waals surface area contributed by atoms with E-state index in [2.05, 4.69) is 15.3 Å². The van der Waals surface area contributed by atoms with Crippen LogP contribution < -0.4 is 0 Å². The van der Waals surface area contributed by atoms with Gasteiger partial charge in [-0.3, -0.25) is 4.79 Å². The van der Waals surface area contributed by atoms with Crippen molar-refractivity contribution in [2.24, 2.45) is 0 Å². The fourth-order valence-electron chi connectivity index (χ4n) is 2.69. The molecule has 4 rings (SSSR count). The molecule has 0 aliphatic carbocycles. The monoisotopic (exact) mass is 330 g/mol. The van der Waals surface area contributed by atoms with Crippen molar-refractivity contribution in [3.63, 3.8) is 0 Å². The molecule has 0 radical (unpaired) electrons. The van der Waals surface area contributed by atoms with Crippen molar-refractivity contribution in [3.05, 3.63) is 40.9 Å². The van der Waals surface area contributed by atoms with E-state index in [1.807, 2.05) is 17.5 Å². The van der Waals surface area contributed by atoms with Crippen LogP contribution >= 0.6 is 11.3 Å². The molecule has 0 spiro atoms. The van der Waals surface area contributed by atoms with Crippen LogP contribution in [0.25, 0.3) is 10.8 Å². The summed E-state index contributed by atoms with van der Waals surface area (Å²) in [6.45, 7) is 2.98. The van der Waals surface area contributed by atoms with Gasteiger partial charge in [0.1, 0.15) is 5.76 Å².